The Bertz CT molecular complexity index is 1150. The van der Waals surface area contributed by atoms with Gasteiger partial charge in [0.05, 0.1) is 17.3 Å². The summed E-state index contributed by atoms with van der Waals surface area (Å²) >= 11 is 0. The van der Waals surface area contributed by atoms with Crippen molar-refractivity contribution in [1.82, 2.24) is 19.0 Å². The standard InChI is InChI=1S/C17H17FN6O2/c1-8-12(15-21-5-9(4-19)6-22-15)11(18)7-23-14(8)13(10-2-3-10)16(25)24(20)17(23)26/h5-7,10H,2-4,19-20H2,1H3. The van der Waals surface area contributed by atoms with Crippen LogP contribution >= 0.6 is 0 Å². The number of pyridine rings is 1. The molecule has 0 aromatic carbocycles. The minimum Gasteiger partial charge on any atom is -0.332 e. The van der Waals surface area contributed by atoms with Crippen LogP contribution in [0.5, 0.6) is 0 Å². The third-order valence-electron chi connectivity index (χ3n) is 4.72. The molecule has 4 rings (SSSR count). The predicted molar refractivity (Wildman–Crippen MR) is 93.7 cm³/mol. The van der Waals surface area contributed by atoms with E-state index in [2.05, 4.69) is 9.97 Å². The molecule has 8 nitrogen and oxygen atoms in total. The molecular formula is C17H17FN6O2. The Morgan fingerprint density at radius 3 is 2.50 bits per heavy atom. The summed E-state index contributed by atoms with van der Waals surface area (Å²) < 4.78 is 16.4. The molecule has 0 atom stereocenters. The van der Waals surface area contributed by atoms with Crippen LogP contribution in [-0.4, -0.2) is 19.0 Å². The van der Waals surface area contributed by atoms with Gasteiger partial charge in [0, 0.05) is 30.1 Å². The van der Waals surface area contributed by atoms with Gasteiger partial charge in [-0.25, -0.2) is 19.2 Å². The highest BCUT2D eigenvalue weighted by Crippen LogP contribution is 2.41. The molecule has 0 radical (unpaired) electrons. The summed E-state index contributed by atoms with van der Waals surface area (Å²) in [6.45, 7) is 1.93. The van der Waals surface area contributed by atoms with Gasteiger partial charge in [-0.05, 0) is 31.2 Å². The molecule has 0 aliphatic heterocycles. The zero-order valence-electron chi connectivity index (χ0n) is 14.1. The molecule has 0 unspecified atom stereocenters. The number of aryl methyl sites for hydroxylation is 1. The lowest BCUT2D eigenvalue weighted by atomic mass is 10.0. The van der Waals surface area contributed by atoms with Gasteiger partial charge in [-0.15, -0.1) is 0 Å². The maximum atomic E-state index is 14.8. The highest BCUT2D eigenvalue weighted by Gasteiger charge is 2.32. The normalized spacial score (nSPS) is 14.1. The van der Waals surface area contributed by atoms with E-state index in [1.165, 1.54) is 12.4 Å². The number of hydrogen-bond donors (Lipinski definition) is 2. The van der Waals surface area contributed by atoms with Gasteiger partial charge in [-0.1, -0.05) is 0 Å². The monoisotopic (exact) mass is 356 g/mol. The first-order valence-corrected chi connectivity index (χ1v) is 8.20. The minimum atomic E-state index is -0.789. The summed E-state index contributed by atoms with van der Waals surface area (Å²) in [5.41, 5.74) is 6.33. The van der Waals surface area contributed by atoms with Crippen LogP contribution in [0.15, 0.2) is 28.2 Å². The van der Waals surface area contributed by atoms with E-state index in [-0.39, 0.29) is 23.9 Å². The fourth-order valence-corrected chi connectivity index (χ4v) is 3.24. The van der Waals surface area contributed by atoms with E-state index in [1.54, 1.807) is 6.92 Å². The maximum Gasteiger partial charge on any atom is 0.354 e. The molecule has 4 N–H and O–H groups in total. The number of rotatable bonds is 3. The Hall–Kier alpha value is -3.07. The van der Waals surface area contributed by atoms with Crippen molar-refractivity contribution in [3.8, 4) is 11.4 Å². The van der Waals surface area contributed by atoms with Gasteiger partial charge in [0.15, 0.2) is 11.6 Å². The first-order chi connectivity index (χ1) is 12.4. The molecule has 3 aromatic rings. The summed E-state index contributed by atoms with van der Waals surface area (Å²) in [6.07, 6.45) is 5.75. The molecule has 3 aromatic heterocycles. The van der Waals surface area contributed by atoms with E-state index in [0.717, 1.165) is 23.4 Å². The highest BCUT2D eigenvalue weighted by atomic mass is 19.1. The molecular weight excluding hydrogens is 339 g/mol. The zero-order chi connectivity index (χ0) is 18.6. The van der Waals surface area contributed by atoms with E-state index in [0.29, 0.717) is 26.9 Å². The smallest absolute Gasteiger partial charge is 0.332 e. The van der Waals surface area contributed by atoms with Crippen LogP contribution in [-0.2, 0) is 6.54 Å². The average Bonchev–Trinajstić information content (AvgIpc) is 3.46. The SMILES string of the molecule is Cc1c(-c2ncc(CN)cn2)c(F)cn2c(=O)n(N)c(=O)c(C3CC3)c12. The summed E-state index contributed by atoms with van der Waals surface area (Å²) in [6, 6.07) is 0. The molecule has 9 heteroatoms. The van der Waals surface area contributed by atoms with E-state index in [9.17, 15) is 14.0 Å². The second-order valence-corrected chi connectivity index (χ2v) is 6.46. The largest absolute Gasteiger partial charge is 0.354 e. The lowest BCUT2D eigenvalue weighted by Gasteiger charge is -2.15. The minimum absolute atomic E-state index is 0.0189. The van der Waals surface area contributed by atoms with Gasteiger partial charge in [0.2, 0.25) is 0 Å². The van der Waals surface area contributed by atoms with E-state index in [4.69, 9.17) is 11.6 Å². The molecule has 134 valence electrons. The number of nitrogens with zero attached hydrogens (tertiary/aromatic N) is 4. The Labute approximate surface area is 146 Å². The second kappa shape index (κ2) is 5.73. The van der Waals surface area contributed by atoms with Crippen LogP contribution in [0.1, 0.15) is 35.4 Å². The molecule has 0 amide bonds. The van der Waals surface area contributed by atoms with E-state index < -0.39 is 17.1 Å². The van der Waals surface area contributed by atoms with Crippen molar-refractivity contribution in [2.45, 2.75) is 32.2 Å². The molecule has 1 saturated carbocycles. The fourth-order valence-electron chi connectivity index (χ4n) is 3.24. The summed E-state index contributed by atoms with van der Waals surface area (Å²) in [4.78, 5) is 33.3. The number of fused-ring (bicyclic) bond motifs is 1. The fraction of sp³-hybridized carbons (Fsp3) is 0.294. The van der Waals surface area contributed by atoms with Crippen molar-refractivity contribution in [2.75, 3.05) is 5.84 Å². The number of hydrogen-bond acceptors (Lipinski definition) is 6. The first kappa shape index (κ1) is 16.4. The Morgan fingerprint density at radius 1 is 1.27 bits per heavy atom. The van der Waals surface area contributed by atoms with Crippen LogP contribution in [0, 0.1) is 12.7 Å². The van der Waals surface area contributed by atoms with Crippen LogP contribution < -0.4 is 22.8 Å². The predicted octanol–water partition coefficient (Wildman–Crippen LogP) is 0.416. The second-order valence-electron chi connectivity index (χ2n) is 6.46. The molecule has 0 spiro atoms. The number of aromatic nitrogens is 4. The summed E-state index contributed by atoms with van der Waals surface area (Å²) in [5, 5.41) is 0. The Balaban J connectivity index is 2.10. The molecule has 26 heavy (non-hydrogen) atoms. The molecule has 1 aliphatic carbocycles. The van der Waals surface area contributed by atoms with Crippen LogP contribution in [0.4, 0.5) is 4.39 Å². The first-order valence-electron chi connectivity index (χ1n) is 8.20. The topological polar surface area (TPSA) is 121 Å². The van der Waals surface area contributed by atoms with Gasteiger partial charge in [-0.2, -0.15) is 4.68 Å². The van der Waals surface area contributed by atoms with Crippen molar-refractivity contribution in [1.29, 1.82) is 0 Å². The number of halogens is 1. The number of nitrogen functional groups attached to an aromatic ring is 1. The van der Waals surface area contributed by atoms with Crippen molar-refractivity contribution in [2.24, 2.45) is 5.73 Å². The van der Waals surface area contributed by atoms with Gasteiger partial charge in [-0.3, -0.25) is 9.20 Å². The third-order valence-corrected chi connectivity index (χ3v) is 4.72. The van der Waals surface area contributed by atoms with Gasteiger partial charge >= 0.3 is 5.69 Å². The van der Waals surface area contributed by atoms with Gasteiger partial charge in [0.1, 0.15) is 0 Å². The summed E-state index contributed by atoms with van der Waals surface area (Å²) in [7, 11) is 0. The van der Waals surface area contributed by atoms with Gasteiger partial charge in [0.25, 0.3) is 5.56 Å². The average molecular weight is 356 g/mol. The van der Waals surface area contributed by atoms with E-state index >= 15 is 0 Å². The Morgan fingerprint density at radius 2 is 1.92 bits per heavy atom. The van der Waals surface area contributed by atoms with Crippen LogP contribution in [0.3, 0.4) is 0 Å². The molecule has 0 saturated heterocycles. The lowest BCUT2D eigenvalue weighted by molar-refractivity contribution is 0.614. The van der Waals surface area contributed by atoms with Crippen LogP contribution in [0.2, 0.25) is 0 Å². The zero-order valence-corrected chi connectivity index (χ0v) is 14.1. The van der Waals surface area contributed by atoms with Crippen LogP contribution in [0.25, 0.3) is 16.9 Å². The van der Waals surface area contributed by atoms with E-state index in [1.807, 2.05) is 0 Å². The third kappa shape index (κ3) is 2.31. The molecule has 1 aliphatic rings. The van der Waals surface area contributed by atoms with Crippen molar-refractivity contribution in [3.63, 3.8) is 0 Å². The molecule has 3 heterocycles. The van der Waals surface area contributed by atoms with Crippen molar-refractivity contribution < 1.29 is 4.39 Å². The van der Waals surface area contributed by atoms with Gasteiger partial charge < -0.3 is 11.6 Å². The maximum absolute atomic E-state index is 14.8. The quantitative estimate of drug-likeness (QED) is 0.656. The number of nitrogens with two attached hydrogens (primary N) is 2. The lowest BCUT2D eigenvalue weighted by Crippen LogP contribution is -2.44. The Kier molecular flexibility index (Phi) is 3.62. The molecule has 0 bridgehead atoms. The van der Waals surface area contributed by atoms with Crippen molar-refractivity contribution >= 4 is 5.52 Å². The summed E-state index contributed by atoms with van der Waals surface area (Å²) in [5.74, 6) is 5.13. The van der Waals surface area contributed by atoms with Crippen molar-refractivity contribution in [3.05, 3.63) is 61.9 Å². The highest BCUT2D eigenvalue weighted by molar-refractivity contribution is 5.74. The molecule has 1 fully saturated rings.